The number of phenolic OH excluding ortho intramolecular Hbond substituents is 1. The van der Waals surface area contributed by atoms with Crippen molar-refractivity contribution in [1.82, 2.24) is 5.43 Å². The second-order valence-corrected chi connectivity index (χ2v) is 5.62. The molecule has 22 heavy (non-hydrogen) atoms. The van der Waals surface area contributed by atoms with E-state index >= 15 is 0 Å². The third-order valence-electron chi connectivity index (χ3n) is 2.72. The number of benzene rings is 2. The fourth-order valence-electron chi connectivity index (χ4n) is 1.70. The summed E-state index contributed by atoms with van der Waals surface area (Å²) in [6.07, 6.45) is 1.21. The molecule has 1 amide bonds. The number of aromatic hydroxyl groups is 1. The number of nitrogens with one attached hydrogen (secondary N) is 1. The van der Waals surface area contributed by atoms with Crippen molar-refractivity contribution in [3.05, 3.63) is 59.7 Å². The molecule has 0 aliphatic rings. The lowest BCUT2D eigenvalue weighted by molar-refractivity contribution is 0.0951. The summed E-state index contributed by atoms with van der Waals surface area (Å²) in [6, 6.07) is 11.5. The molecule has 0 heterocycles. The molecule has 0 atom stereocenters. The predicted molar refractivity (Wildman–Crippen MR) is 79.4 cm³/mol. The minimum atomic E-state index is -4.52. The summed E-state index contributed by atoms with van der Waals surface area (Å²) in [5, 5.41) is 13.2. The lowest BCUT2D eigenvalue weighted by atomic mass is 10.2. The molecule has 0 aliphatic carbocycles. The molecule has 0 bridgehead atoms. The van der Waals surface area contributed by atoms with Crippen molar-refractivity contribution in [2.24, 2.45) is 5.10 Å². The zero-order chi connectivity index (χ0) is 16.2. The quantitative estimate of drug-likeness (QED) is 0.447. The molecule has 2 aromatic rings. The molecular formula is C14H12N2O5S. The number of rotatable bonds is 4. The third kappa shape index (κ3) is 3.68. The predicted octanol–water partition coefficient (Wildman–Crippen LogP) is 1.40. The van der Waals surface area contributed by atoms with Crippen LogP contribution in [-0.2, 0) is 10.1 Å². The molecule has 0 saturated heterocycles. The summed E-state index contributed by atoms with van der Waals surface area (Å²) in [7, 11) is -4.52. The second kappa shape index (κ2) is 6.37. The molecule has 0 spiro atoms. The number of para-hydroxylation sites is 1. The van der Waals surface area contributed by atoms with E-state index in [4.69, 9.17) is 4.55 Å². The Morgan fingerprint density at radius 1 is 1.09 bits per heavy atom. The summed E-state index contributed by atoms with van der Waals surface area (Å²) in [4.78, 5) is 11.4. The molecule has 114 valence electrons. The van der Waals surface area contributed by atoms with Gasteiger partial charge in [0.25, 0.3) is 16.0 Å². The van der Waals surface area contributed by atoms with E-state index in [2.05, 4.69) is 10.5 Å². The second-order valence-electron chi connectivity index (χ2n) is 4.23. The molecule has 7 nitrogen and oxygen atoms in total. The van der Waals surface area contributed by atoms with Crippen molar-refractivity contribution in [3.8, 4) is 5.75 Å². The number of carbonyl (C=O) groups excluding carboxylic acids is 1. The Morgan fingerprint density at radius 3 is 2.41 bits per heavy atom. The van der Waals surface area contributed by atoms with Crippen LogP contribution in [0.5, 0.6) is 5.75 Å². The average molecular weight is 320 g/mol. The van der Waals surface area contributed by atoms with Gasteiger partial charge in [-0.25, -0.2) is 5.43 Å². The van der Waals surface area contributed by atoms with E-state index in [1.165, 1.54) is 30.5 Å². The molecule has 0 unspecified atom stereocenters. The molecule has 8 heteroatoms. The van der Waals surface area contributed by atoms with Gasteiger partial charge in [-0.15, -0.1) is 0 Å². The average Bonchev–Trinajstić information content (AvgIpc) is 2.48. The molecular weight excluding hydrogens is 308 g/mol. The summed E-state index contributed by atoms with van der Waals surface area (Å²) < 4.78 is 31.5. The first kappa shape index (κ1) is 15.7. The maximum Gasteiger partial charge on any atom is 0.295 e. The Kier molecular flexibility index (Phi) is 4.54. The monoisotopic (exact) mass is 320 g/mol. The highest BCUT2D eigenvalue weighted by Gasteiger charge is 2.19. The van der Waals surface area contributed by atoms with Gasteiger partial charge in [-0.1, -0.05) is 24.3 Å². The van der Waals surface area contributed by atoms with Crippen LogP contribution >= 0.6 is 0 Å². The number of hydrogen-bond acceptors (Lipinski definition) is 5. The van der Waals surface area contributed by atoms with Crippen molar-refractivity contribution in [2.75, 3.05) is 0 Å². The Bertz CT molecular complexity index is 831. The van der Waals surface area contributed by atoms with E-state index in [1.54, 1.807) is 18.2 Å². The van der Waals surface area contributed by atoms with Crippen molar-refractivity contribution < 1.29 is 22.9 Å². The maximum absolute atomic E-state index is 11.9. The smallest absolute Gasteiger partial charge is 0.295 e. The largest absolute Gasteiger partial charge is 0.507 e. The van der Waals surface area contributed by atoms with Crippen LogP contribution in [0.25, 0.3) is 0 Å². The first-order chi connectivity index (χ1) is 10.4. The topological polar surface area (TPSA) is 116 Å². The highest BCUT2D eigenvalue weighted by atomic mass is 32.2. The van der Waals surface area contributed by atoms with Gasteiger partial charge in [-0.05, 0) is 24.3 Å². The third-order valence-corrected chi connectivity index (χ3v) is 3.63. The summed E-state index contributed by atoms with van der Waals surface area (Å²) in [5.74, 6) is -0.821. The summed E-state index contributed by atoms with van der Waals surface area (Å²) >= 11 is 0. The van der Waals surface area contributed by atoms with Gasteiger partial charge < -0.3 is 5.11 Å². The molecule has 0 fully saturated rings. The summed E-state index contributed by atoms with van der Waals surface area (Å²) in [5.41, 5.74) is 2.27. The van der Waals surface area contributed by atoms with Crippen molar-refractivity contribution in [2.45, 2.75) is 4.90 Å². The van der Waals surface area contributed by atoms with Gasteiger partial charge in [0.15, 0.2) is 0 Å². The van der Waals surface area contributed by atoms with Crippen LogP contribution in [0.1, 0.15) is 15.9 Å². The van der Waals surface area contributed by atoms with Crippen LogP contribution < -0.4 is 5.43 Å². The molecule has 3 N–H and O–H groups in total. The Labute approximate surface area is 126 Å². The van der Waals surface area contributed by atoms with Gasteiger partial charge in [-0.3, -0.25) is 9.35 Å². The van der Waals surface area contributed by atoms with E-state index in [9.17, 15) is 18.3 Å². The maximum atomic E-state index is 11.9. The fourth-order valence-corrected chi connectivity index (χ4v) is 2.39. The molecule has 0 saturated carbocycles. The molecule has 0 aromatic heterocycles. The molecule has 0 aliphatic heterocycles. The summed E-state index contributed by atoms with van der Waals surface area (Å²) in [6.45, 7) is 0. The van der Waals surface area contributed by atoms with Crippen LogP contribution in [0.15, 0.2) is 58.5 Å². The molecule has 0 radical (unpaired) electrons. The van der Waals surface area contributed by atoms with Crippen molar-refractivity contribution in [1.29, 1.82) is 0 Å². The van der Waals surface area contributed by atoms with Crippen molar-refractivity contribution >= 4 is 22.2 Å². The van der Waals surface area contributed by atoms with E-state index in [0.717, 1.165) is 6.07 Å². The zero-order valence-corrected chi connectivity index (χ0v) is 12.0. The minimum absolute atomic E-state index is 0.0150. The van der Waals surface area contributed by atoms with E-state index in [1.807, 2.05) is 0 Å². The lowest BCUT2D eigenvalue weighted by Gasteiger charge is -2.05. The normalized spacial score (nSPS) is 11.5. The van der Waals surface area contributed by atoms with Gasteiger partial charge in [-0.2, -0.15) is 13.5 Å². The zero-order valence-electron chi connectivity index (χ0n) is 11.2. The highest BCUT2D eigenvalue weighted by molar-refractivity contribution is 7.86. The number of nitrogens with zero attached hydrogens (tertiary/aromatic N) is 1. The number of hydrogen-bond donors (Lipinski definition) is 3. The number of carbonyl (C=O) groups is 1. The van der Waals surface area contributed by atoms with E-state index in [-0.39, 0.29) is 11.3 Å². The fraction of sp³-hybridized carbons (Fsp3) is 0. The SMILES string of the molecule is O=C(NN=Cc1ccccc1O)c1ccccc1S(=O)(=O)O. The van der Waals surface area contributed by atoms with Crippen LogP contribution in [-0.4, -0.2) is 30.2 Å². The van der Waals surface area contributed by atoms with Crippen LogP contribution in [0, 0.1) is 0 Å². The van der Waals surface area contributed by atoms with E-state index < -0.39 is 20.9 Å². The first-order valence-corrected chi connectivity index (χ1v) is 7.51. The Hall–Kier alpha value is -2.71. The van der Waals surface area contributed by atoms with Gasteiger partial charge in [0.2, 0.25) is 0 Å². The van der Waals surface area contributed by atoms with E-state index in [0.29, 0.717) is 5.56 Å². The number of hydrazone groups is 1. The Morgan fingerprint density at radius 2 is 1.73 bits per heavy atom. The number of phenols is 1. The van der Waals surface area contributed by atoms with Crippen molar-refractivity contribution in [3.63, 3.8) is 0 Å². The van der Waals surface area contributed by atoms with Gasteiger partial charge >= 0.3 is 0 Å². The highest BCUT2D eigenvalue weighted by Crippen LogP contribution is 2.15. The van der Waals surface area contributed by atoms with Crippen LogP contribution in [0.2, 0.25) is 0 Å². The minimum Gasteiger partial charge on any atom is -0.507 e. The van der Waals surface area contributed by atoms with Gasteiger partial charge in [0.05, 0.1) is 11.8 Å². The van der Waals surface area contributed by atoms with Crippen LogP contribution in [0.3, 0.4) is 0 Å². The first-order valence-electron chi connectivity index (χ1n) is 6.07. The Balaban J connectivity index is 2.19. The molecule has 2 aromatic carbocycles. The lowest BCUT2D eigenvalue weighted by Crippen LogP contribution is -2.20. The molecule has 2 rings (SSSR count). The standard InChI is InChI=1S/C14H12N2O5S/c17-12-7-3-1-5-10(12)9-15-16-14(18)11-6-2-4-8-13(11)22(19,20)21/h1-9,17H,(H,16,18)(H,19,20,21). The van der Waals surface area contributed by atoms with Crippen LogP contribution in [0.4, 0.5) is 0 Å². The van der Waals surface area contributed by atoms with Gasteiger partial charge in [0.1, 0.15) is 10.6 Å². The number of amides is 1. The van der Waals surface area contributed by atoms with Gasteiger partial charge in [0, 0.05) is 5.56 Å².